The van der Waals surface area contributed by atoms with Crippen LogP contribution in [-0.4, -0.2) is 4.57 Å². The molecule has 0 unspecified atom stereocenters. The van der Waals surface area contributed by atoms with E-state index in [-0.39, 0.29) is 5.02 Å². The second kappa shape index (κ2) is 3.99. The van der Waals surface area contributed by atoms with Crippen molar-refractivity contribution in [2.75, 3.05) is 0 Å². The molecule has 80 valence electrons. The van der Waals surface area contributed by atoms with Gasteiger partial charge in [-0.3, -0.25) is 0 Å². The maximum atomic E-state index is 13.3. The van der Waals surface area contributed by atoms with Crippen LogP contribution in [0.25, 0.3) is 11.1 Å². The van der Waals surface area contributed by atoms with Crippen LogP contribution in [0.4, 0.5) is 4.39 Å². The third-order valence-electron chi connectivity index (χ3n) is 2.32. The van der Waals surface area contributed by atoms with Crippen molar-refractivity contribution in [1.82, 2.24) is 4.57 Å². The smallest absolute Gasteiger partial charge is 0.142 e. The van der Waals surface area contributed by atoms with Crippen molar-refractivity contribution in [3.63, 3.8) is 0 Å². The number of hydrogen-bond acceptors (Lipinski definition) is 1. The molecule has 0 bridgehead atoms. The monoisotopic (exact) mass is 234 g/mol. The van der Waals surface area contributed by atoms with Crippen LogP contribution in [0.2, 0.25) is 5.02 Å². The molecule has 0 aliphatic heterocycles. The van der Waals surface area contributed by atoms with E-state index in [0.29, 0.717) is 16.7 Å². The highest BCUT2D eigenvalue weighted by molar-refractivity contribution is 6.33. The van der Waals surface area contributed by atoms with Gasteiger partial charge in [0.2, 0.25) is 0 Å². The van der Waals surface area contributed by atoms with Gasteiger partial charge in [0.15, 0.2) is 0 Å². The van der Waals surface area contributed by atoms with Crippen LogP contribution in [0.1, 0.15) is 5.56 Å². The van der Waals surface area contributed by atoms with Gasteiger partial charge in [-0.1, -0.05) is 23.7 Å². The summed E-state index contributed by atoms with van der Waals surface area (Å²) in [5.74, 6) is -0.480. The third kappa shape index (κ3) is 1.68. The summed E-state index contributed by atoms with van der Waals surface area (Å²) in [6.07, 6.45) is 3.43. The van der Waals surface area contributed by atoms with Crippen molar-refractivity contribution in [2.24, 2.45) is 7.05 Å². The van der Waals surface area contributed by atoms with Crippen molar-refractivity contribution in [3.05, 3.63) is 47.0 Å². The Morgan fingerprint density at radius 3 is 2.75 bits per heavy atom. The largest absolute Gasteiger partial charge is 0.355 e. The zero-order valence-electron chi connectivity index (χ0n) is 8.54. The molecule has 0 amide bonds. The lowest BCUT2D eigenvalue weighted by Gasteiger charge is -2.02. The molecule has 0 saturated heterocycles. The number of aromatic nitrogens is 1. The fraction of sp³-hybridized carbons (Fsp3) is 0.0833. The van der Waals surface area contributed by atoms with Gasteiger partial charge in [0.1, 0.15) is 11.9 Å². The zero-order valence-corrected chi connectivity index (χ0v) is 9.29. The Morgan fingerprint density at radius 1 is 1.31 bits per heavy atom. The number of nitrogens with zero attached hydrogens (tertiary/aromatic N) is 2. The highest BCUT2D eigenvalue weighted by Gasteiger charge is 2.13. The highest BCUT2D eigenvalue weighted by Crippen LogP contribution is 2.32. The molecule has 2 nitrogen and oxygen atoms in total. The molecular formula is C12H8ClFN2. The average molecular weight is 235 g/mol. The number of rotatable bonds is 1. The van der Waals surface area contributed by atoms with E-state index in [4.69, 9.17) is 16.9 Å². The van der Waals surface area contributed by atoms with Crippen molar-refractivity contribution in [3.8, 4) is 17.2 Å². The van der Waals surface area contributed by atoms with Gasteiger partial charge in [0.25, 0.3) is 0 Å². The molecule has 1 aromatic carbocycles. The van der Waals surface area contributed by atoms with Crippen molar-refractivity contribution >= 4 is 11.6 Å². The first-order chi connectivity index (χ1) is 7.63. The summed E-state index contributed by atoms with van der Waals surface area (Å²) >= 11 is 5.87. The number of halogens is 2. The fourth-order valence-corrected chi connectivity index (χ4v) is 1.83. The van der Waals surface area contributed by atoms with Crippen LogP contribution < -0.4 is 0 Å². The van der Waals surface area contributed by atoms with Crippen LogP contribution in [0, 0.1) is 17.1 Å². The molecule has 0 radical (unpaired) electrons. The normalized spacial score (nSPS) is 10.1. The fourth-order valence-electron chi connectivity index (χ4n) is 1.60. The topological polar surface area (TPSA) is 28.7 Å². The van der Waals surface area contributed by atoms with Gasteiger partial charge in [0.05, 0.1) is 10.6 Å². The second-order valence-corrected chi connectivity index (χ2v) is 3.84. The maximum absolute atomic E-state index is 13.3. The van der Waals surface area contributed by atoms with Gasteiger partial charge in [0, 0.05) is 30.6 Å². The number of hydrogen-bond donors (Lipinski definition) is 0. The Morgan fingerprint density at radius 2 is 2.06 bits per heavy atom. The number of benzene rings is 1. The molecule has 0 saturated carbocycles. The maximum Gasteiger partial charge on any atom is 0.142 e. The summed E-state index contributed by atoms with van der Waals surface area (Å²) in [7, 11) is 1.80. The minimum absolute atomic E-state index is 0.0465. The lowest BCUT2D eigenvalue weighted by molar-refractivity contribution is 0.629. The Balaban J connectivity index is 2.68. The first-order valence-corrected chi connectivity index (χ1v) is 5.01. The molecule has 1 aromatic heterocycles. The average Bonchev–Trinajstić information content (AvgIpc) is 2.63. The summed E-state index contributed by atoms with van der Waals surface area (Å²) in [5.41, 5.74) is 1.67. The Kier molecular flexibility index (Phi) is 2.67. The van der Waals surface area contributed by atoms with E-state index < -0.39 is 5.82 Å². The summed E-state index contributed by atoms with van der Waals surface area (Å²) in [5, 5.41) is 9.00. The van der Waals surface area contributed by atoms with Gasteiger partial charge in [-0.2, -0.15) is 5.26 Å². The van der Waals surface area contributed by atoms with Gasteiger partial charge >= 0.3 is 0 Å². The molecule has 0 fully saturated rings. The van der Waals surface area contributed by atoms with Crippen LogP contribution in [0.15, 0.2) is 30.6 Å². The van der Waals surface area contributed by atoms with Gasteiger partial charge < -0.3 is 4.57 Å². The van der Waals surface area contributed by atoms with E-state index in [9.17, 15) is 4.39 Å². The predicted octanol–water partition coefficient (Wildman–Crippen LogP) is 3.36. The number of aryl methyl sites for hydroxylation is 1. The van der Waals surface area contributed by atoms with E-state index in [1.54, 1.807) is 36.1 Å². The van der Waals surface area contributed by atoms with E-state index in [0.717, 1.165) is 0 Å². The quantitative estimate of drug-likeness (QED) is 0.744. The Hall–Kier alpha value is -1.79. The SMILES string of the molecule is Cn1cc(C#N)c(-c2cccc(F)c2Cl)c1. The van der Waals surface area contributed by atoms with Crippen molar-refractivity contribution < 1.29 is 4.39 Å². The molecule has 4 heteroatoms. The molecule has 16 heavy (non-hydrogen) atoms. The standard InChI is InChI=1S/C12H8ClFN2/c1-16-6-8(5-15)10(7-16)9-3-2-4-11(14)12(9)13/h2-4,6-7H,1H3. The molecule has 0 spiro atoms. The van der Waals surface area contributed by atoms with Gasteiger partial charge in [-0.05, 0) is 6.07 Å². The lowest BCUT2D eigenvalue weighted by atomic mass is 10.1. The summed E-state index contributed by atoms with van der Waals surface area (Å²) in [6, 6.07) is 6.62. The molecule has 2 aromatic rings. The first-order valence-electron chi connectivity index (χ1n) is 4.64. The minimum Gasteiger partial charge on any atom is -0.355 e. The lowest BCUT2D eigenvalue weighted by Crippen LogP contribution is -1.84. The minimum atomic E-state index is -0.480. The van der Waals surface area contributed by atoms with E-state index in [1.807, 2.05) is 0 Å². The summed E-state index contributed by atoms with van der Waals surface area (Å²) < 4.78 is 15.0. The molecule has 2 rings (SSSR count). The molecular weight excluding hydrogens is 227 g/mol. The van der Waals surface area contributed by atoms with E-state index in [1.165, 1.54) is 6.07 Å². The van der Waals surface area contributed by atoms with Crippen LogP contribution in [0.5, 0.6) is 0 Å². The Labute approximate surface area is 97.5 Å². The molecule has 0 aliphatic carbocycles. The van der Waals surface area contributed by atoms with Crippen molar-refractivity contribution in [2.45, 2.75) is 0 Å². The van der Waals surface area contributed by atoms with Gasteiger partial charge in [-0.25, -0.2) is 4.39 Å². The molecule has 0 N–H and O–H groups in total. The van der Waals surface area contributed by atoms with Crippen LogP contribution in [0.3, 0.4) is 0 Å². The zero-order chi connectivity index (χ0) is 11.7. The molecule has 0 atom stereocenters. The van der Waals surface area contributed by atoms with Gasteiger partial charge in [-0.15, -0.1) is 0 Å². The van der Waals surface area contributed by atoms with Crippen LogP contribution >= 0.6 is 11.6 Å². The first kappa shape index (κ1) is 10.7. The van der Waals surface area contributed by atoms with E-state index >= 15 is 0 Å². The summed E-state index contributed by atoms with van der Waals surface area (Å²) in [4.78, 5) is 0. The predicted molar refractivity (Wildman–Crippen MR) is 60.5 cm³/mol. The molecule has 1 heterocycles. The third-order valence-corrected chi connectivity index (χ3v) is 2.70. The second-order valence-electron chi connectivity index (χ2n) is 3.46. The molecule has 0 aliphatic rings. The highest BCUT2D eigenvalue weighted by atomic mass is 35.5. The van der Waals surface area contributed by atoms with Crippen molar-refractivity contribution in [1.29, 1.82) is 5.26 Å². The Bertz CT molecular complexity index is 581. The summed E-state index contributed by atoms with van der Waals surface area (Å²) in [6.45, 7) is 0. The van der Waals surface area contributed by atoms with Crippen LogP contribution in [-0.2, 0) is 7.05 Å². The number of nitriles is 1. The van der Waals surface area contributed by atoms with E-state index in [2.05, 4.69) is 6.07 Å².